The van der Waals surface area contributed by atoms with Gasteiger partial charge in [0.2, 0.25) is 0 Å². The van der Waals surface area contributed by atoms with E-state index in [1.54, 1.807) is 11.3 Å². The number of aryl methyl sites for hydroxylation is 1. The summed E-state index contributed by atoms with van der Waals surface area (Å²) in [7, 11) is 0. The Labute approximate surface area is 64.5 Å². The van der Waals surface area contributed by atoms with Gasteiger partial charge in [0, 0.05) is 0 Å². The van der Waals surface area contributed by atoms with Crippen molar-refractivity contribution >= 4 is 22.9 Å². The fourth-order valence-corrected chi connectivity index (χ4v) is 1.73. The molecular formula is C7H8ClS. The smallest absolute Gasteiger partial charge is 0.0647 e. The summed E-state index contributed by atoms with van der Waals surface area (Å²) >= 11 is 7.32. The van der Waals surface area contributed by atoms with Crippen LogP contribution in [0.2, 0.25) is 5.02 Å². The first-order chi connectivity index (χ1) is 4.34. The molecule has 0 spiro atoms. The molecule has 0 amide bonds. The van der Waals surface area contributed by atoms with E-state index in [0.717, 1.165) is 17.9 Å². The lowest BCUT2D eigenvalue weighted by Gasteiger charge is -1.90. The molecule has 0 nitrogen and oxygen atoms in total. The Bertz CT molecular complexity index is 181. The Kier molecular flexibility index (Phi) is 2.55. The van der Waals surface area contributed by atoms with Crippen molar-refractivity contribution in [1.82, 2.24) is 0 Å². The van der Waals surface area contributed by atoms with E-state index in [-0.39, 0.29) is 0 Å². The Morgan fingerprint density at radius 1 is 1.78 bits per heavy atom. The molecule has 0 saturated carbocycles. The number of hydrogen-bond donors (Lipinski definition) is 0. The monoisotopic (exact) mass is 159 g/mol. The molecule has 0 atom stereocenters. The van der Waals surface area contributed by atoms with Crippen molar-refractivity contribution in [3.8, 4) is 0 Å². The second-order valence-corrected chi connectivity index (χ2v) is 2.98. The lowest BCUT2D eigenvalue weighted by molar-refractivity contribution is 0.927. The molecule has 1 rings (SSSR count). The van der Waals surface area contributed by atoms with Crippen molar-refractivity contribution in [3.05, 3.63) is 21.3 Å². The van der Waals surface area contributed by atoms with Gasteiger partial charge in [-0.2, -0.15) is 0 Å². The van der Waals surface area contributed by atoms with Crippen LogP contribution in [0.25, 0.3) is 0 Å². The first kappa shape index (κ1) is 7.10. The molecule has 1 heterocycles. The summed E-state index contributed by atoms with van der Waals surface area (Å²) in [6.07, 6.45) is 2.24. The number of halogens is 1. The summed E-state index contributed by atoms with van der Waals surface area (Å²) in [5.41, 5.74) is 1.24. The Hall–Kier alpha value is -0.0100. The number of hydrogen-bond acceptors (Lipinski definition) is 1. The van der Waals surface area contributed by atoms with Crippen LogP contribution in [-0.2, 0) is 6.42 Å². The average Bonchev–Trinajstić information content (AvgIpc) is 2.18. The van der Waals surface area contributed by atoms with Crippen molar-refractivity contribution in [2.45, 2.75) is 19.8 Å². The summed E-state index contributed by atoms with van der Waals surface area (Å²) in [5, 5.41) is 5.83. The molecule has 9 heavy (non-hydrogen) atoms. The third-order valence-electron chi connectivity index (χ3n) is 1.15. The largest absolute Gasteiger partial charge is 0.141 e. The van der Waals surface area contributed by atoms with E-state index in [4.69, 9.17) is 11.6 Å². The zero-order valence-corrected chi connectivity index (χ0v) is 6.85. The highest BCUT2D eigenvalue weighted by Crippen LogP contribution is 2.20. The van der Waals surface area contributed by atoms with Gasteiger partial charge in [0.05, 0.1) is 10.4 Å². The summed E-state index contributed by atoms with van der Waals surface area (Å²) in [6, 6.07) is 0. The zero-order chi connectivity index (χ0) is 6.69. The summed E-state index contributed by atoms with van der Waals surface area (Å²) in [5.74, 6) is 0. The molecule has 0 aliphatic rings. The summed E-state index contributed by atoms with van der Waals surface area (Å²) in [4.78, 5) is 0. The van der Waals surface area contributed by atoms with Gasteiger partial charge in [0.15, 0.2) is 0 Å². The minimum atomic E-state index is 0.807. The number of thiophene rings is 1. The molecule has 1 aromatic rings. The van der Waals surface area contributed by atoms with E-state index < -0.39 is 0 Å². The Morgan fingerprint density at radius 3 is 3.00 bits per heavy atom. The van der Waals surface area contributed by atoms with Gasteiger partial charge < -0.3 is 0 Å². The van der Waals surface area contributed by atoms with Gasteiger partial charge in [-0.15, -0.1) is 11.3 Å². The lowest BCUT2D eigenvalue weighted by Crippen LogP contribution is -1.76. The van der Waals surface area contributed by atoms with Crippen LogP contribution in [0.4, 0.5) is 0 Å². The van der Waals surface area contributed by atoms with E-state index >= 15 is 0 Å². The second kappa shape index (κ2) is 3.23. The van der Waals surface area contributed by atoms with Crippen molar-refractivity contribution < 1.29 is 0 Å². The molecule has 1 radical (unpaired) electrons. The van der Waals surface area contributed by atoms with Crippen molar-refractivity contribution in [2.75, 3.05) is 0 Å². The average molecular weight is 160 g/mol. The molecule has 49 valence electrons. The van der Waals surface area contributed by atoms with Crippen LogP contribution in [0.1, 0.15) is 18.9 Å². The SMILES string of the molecule is CCCc1cs[c]c1Cl. The third-order valence-corrected chi connectivity index (χ3v) is 2.32. The predicted molar refractivity (Wildman–Crippen MR) is 42.2 cm³/mol. The van der Waals surface area contributed by atoms with Crippen LogP contribution in [0.15, 0.2) is 5.38 Å². The van der Waals surface area contributed by atoms with Crippen LogP contribution in [0, 0.1) is 5.38 Å². The Balaban J connectivity index is 2.69. The van der Waals surface area contributed by atoms with Gasteiger partial charge >= 0.3 is 0 Å². The molecule has 0 bridgehead atoms. The van der Waals surface area contributed by atoms with E-state index in [9.17, 15) is 0 Å². The topological polar surface area (TPSA) is 0 Å². The summed E-state index contributed by atoms with van der Waals surface area (Å²) in [6.45, 7) is 2.15. The third kappa shape index (κ3) is 1.70. The zero-order valence-electron chi connectivity index (χ0n) is 5.28. The lowest BCUT2D eigenvalue weighted by atomic mass is 10.2. The molecule has 0 aliphatic heterocycles. The molecule has 2 heteroatoms. The number of rotatable bonds is 2. The highest BCUT2D eigenvalue weighted by atomic mass is 35.5. The van der Waals surface area contributed by atoms with Gasteiger partial charge in [0.25, 0.3) is 0 Å². The van der Waals surface area contributed by atoms with Crippen LogP contribution < -0.4 is 0 Å². The first-order valence-electron chi connectivity index (χ1n) is 2.98. The van der Waals surface area contributed by atoms with Gasteiger partial charge in [0.1, 0.15) is 0 Å². The van der Waals surface area contributed by atoms with E-state index in [1.165, 1.54) is 5.56 Å². The van der Waals surface area contributed by atoms with Gasteiger partial charge in [-0.05, 0) is 17.4 Å². The standard InChI is InChI=1S/C7H8ClS/c1-2-3-6-4-9-5-7(6)8/h4H,2-3H2,1H3. The van der Waals surface area contributed by atoms with E-state index in [1.807, 2.05) is 0 Å². The second-order valence-electron chi connectivity index (χ2n) is 1.93. The molecule has 1 aromatic heterocycles. The maximum absolute atomic E-state index is 5.77. The molecule has 0 fully saturated rings. The molecule has 0 unspecified atom stereocenters. The fourth-order valence-electron chi connectivity index (χ4n) is 0.708. The van der Waals surface area contributed by atoms with Crippen LogP contribution in [-0.4, -0.2) is 0 Å². The highest BCUT2D eigenvalue weighted by Gasteiger charge is 1.97. The minimum Gasteiger partial charge on any atom is -0.141 e. The minimum absolute atomic E-state index is 0.807. The predicted octanol–water partition coefficient (Wildman–Crippen LogP) is 3.15. The van der Waals surface area contributed by atoms with Crippen LogP contribution in [0.5, 0.6) is 0 Å². The quantitative estimate of drug-likeness (QED) is 0.622. The highest BCUT2D eigenvalue weighted by molar-refractivity contribution is 7.08. The first-order valence-corrected chi connectivity index (χ1v) is 4.24. The normalized spacial score (nSPS) is 10.0. The van der Waals surface area contributed by atoms with Crippen LogP contribution in [0.3, 0.4) is 0 Å². The molecule has 0 N–H and O–H groups in total. The maximum Gasteiger partial charge on any atom is 0.0647 e. The van der Waals surface area contributed by atoms with Crippen molar-refractivity contribution in [1.29, 1.82) is 0 Å². The molecule has 0 aliphatic carbocycles. The van der Waals surface area contributed by atoms with Gasteiger partial charge in [-0.3, -0.25) is 0 Å². The maximum atomic E-state index is 5.77. The summed E-state index contributed by atoms with van der Waals surface area (Å²) < 4.78 is 0. The van der Waals surface area contributed by atoms with Crippen LogP contribution >= 0.6 is 22.9 Å². The fraction of sp³-hybridized carbons (Fsp3) is 0.429. The van der Waals surface area contributed by atoms with Gasteiger partial charge in [-0.25, -0.2) is 0 Å². The van der Waals surface area contributed by atoms with Gasteiger partial charge in [-0.1, -0.05) is 24.9 Å². The Morgan fingerprint density at radius 2 is 2.56 bits per heavy atom. The molecule has 0 saturated heterocycles. The van der Waals surface area contributed by atoms with E-state index in [0.29, 0.717) is 0 Å². The molecular weight excluding hydrogens is 152 g/mol. The molecule has 0 aromatic carbocycles. The van der Waals surface area contributed by atoms with Crippen molar-refractivity contribution in [3.63, 3.8) is 0 Å². The van der Waals surface area contributed by atoms with Crippen molar-refractivity contribution in [2.24, 2.45) is 0 Å². The van der Waals surface area contributed by atoms with E-state index in [2.05, 4.69) is 17.7 Å².